The zero-order valence-electron chi connectivity index (χ0n) is 15.1. The van der Waals surface area contributed by atoms with Crippen molar-refractivity contribution in [2.45, 2.75) is 25.8 Å². The fourth-order valence-corrected chi connectivity index (χ4v) is 2.86. The maximum Gasteiger partial charge on any atom is 0.220 e. The first-order valence-corrected chi connectivity index (χ1v) is 8.31. The Balaban J connectivity index is 0.00000312. The molecule has 140 valence electrons. The molecular weight excluding hydrogens is 433 g/mol. The number of rotatable bonds is 5. The molecule has 7 nitrogen and oxygen atoms in total. The van der Waals surface area contributed by atoms with Gasteiger partial charge in [-0.1, -0.05) is 6.07 Å². The summed E-state index contributed by atoms with van der Waals surface area (Å²) in [6.07, 6.45) is 4.44. The largest absolute Gasteiger partial charge is 0.481 e. The molecule has 25 heavy (non-hydrogen) atoms. The molecule has 0 aromatic carbocycles. The highest BCUT2D eigenvalue weighted by atomic mass is 127. The Labute approximate surface area is 166 Å². The van der Waals surface area contributed by atoms with E-state index in [4.69, 9.17) is 4.74 Å². The second kappa shape index (κ2) is 11.1. The van der Waals surface area contributed by atoms with E-state index in [0.29, 0.717) is 24.8 Å². The number of nitrogens with zero attached hydrogens (tertiary/aromatic N) is 3. The topological polar surface area (TPSA) is 78.9 Å². The van der Waals surface area contributed by atoms with Crippen LogP contribution in [0.3, 0.4) is 0 Å². The molecule has 8 heteroatoms. The van der Waals surface area contributed by atoms with Crippen molar-refractivity contribution in [1.82, 2.24) is 20.5 Å². The third-order valence-electron chi connectivity index (χ3n) is 4.34. The summed E-state index contributed by atoms with van der Waals surface area (Å²) in [5.74, 6) is 2.10. The number of methoxy groups -OCH3 is 1. The fourth-order valence-electron chi connectivity index (χ4n) is 2.86. The van der Waals surface area contributed by atoms with Gasteiger partial charge in [0.25, 0.3) is 0 Å². The lowest BCUT2D eigenvalue weighted by molar-refractivity contribution is -0.121. The van der Waals surface area contributed by atoms with E-state index in [0.717, 1.165) is 37.5 Å². The summed E-state index contributed by atoms with van der Waals surface area (Å²) in [5, 5.41) is 6.08. The van der Waals surface area contributed by atoms with Gasteiger partial charge in [-0.05, 0) is 24.3 Å². The smallest absolute Gasteiger partial charge is 0.220 e. The summed E-state index contributed by atoms with van der Waals surface area (Å²) in [5.41, 5.74) is 1.08. The fraction of sp³-hybridized carbons (Fsp3) is 0.588. The van der Waals surface area contributed by atoms with E-state index >= 15 is 0 Å². The van der Waals surface area contributed by atoms with Crippen LogP contribution in [0.2, 0.25) is 0 Å². The second-order valence-corrected chi connectivity index (χ2v) is 5.92. The van der Waals surface area contributed by atoms with Gasteiger partial charge in [0.2, 0.25) is 11.8 Å². The number of hydrogen-bond acceptors (Lipinski definition) is 4. The quantitative estimate of drug-likeness (QED) is 0.396. The molecule has 1 aliphatic rings. The average molecular weight is 461 g/mol. The molecule has 2 rings (SSSR count). The number of carbonyl (C=O) groups is 1. The molecule has 1 aromatic rings. The molecule has 1 amide bonds. The van der Waals surface area contributed by atoms with Crippen molar-refractivity contribution in [3.63, 3.8) is 0 Å². The van der Waals surface area contributed by atoms with Gasteiger partial charge in [0, 0.05) is 52.4 Å². The lowest BCUT2D eigenvalue weighted by Gasteiger charge is -2.34. The monoisotopic (exact) mass is 461 g/mol. The number of halogens is 1. The van der Waals surface area contributed by atoms with Crippen molar-refractivity contribution >= 4 is 35.8 Å². The molecule has 0 aliphatic carbocycles. The van der Waals surface area contributed by atoms with Crippen LogP contribution in [0.5, 0.6) is 5.88 Å². The molecule has 0 spiro atoms. The van der Waals surface area contributed by atoms with Crippen LogP contribution in [-0.2, 0) is 11.3 Å². The molecule has 1 aliphatic heterocycles. The first kappa shape index (κ1) is 21.5. The molecular formula is C17H28IN5O2. The standard InChI is InChI=1S/C17H27N5O2.HI/c1-18-15(23)10-13-6-8-22(9-7-13)17(19-2)21-12-14-4-5-16(24-3)20-11-14;/h4-5,11,13H,6-10,12H2,1-3H3,(H,18,23)(H,19,21);1H. The van der Waals surface area contributed by atoms with Crippen LogP contribution >= 0.6 is 24.0 Å². The predicted molar refractivity (Wildman–Crippen MR) is 109 cm³/mol. The molecule has 1 aromatic heterocycles. The highest BCUT2D eigenvalue weighted by Gasteiger charge is 2.22. The van der Waals surface area contributed by atoms with Crippen LogP contribution in [0.15, 0.2) is 23.3 Å². The normalized spacial score (nSPS) is 15.3. The zero-order valence-corrected chi connectivity index (χ0v) is 17.4. The maximum absolute atomic E-state index is 11.5. The first-order valence-electron chi connectivity index (χ1n) is 8.31. The Morgan fingerprint density at radius 3 is 2.64 bits per heavy atom. The van der Waals surface area contributed by atoms with Crippen LogP contribution < -0.4 is 15.4 Å². The van der Waals surface area contributed by atoms with Gasteiger partial charge in [0.05, 0.1) is 7.11 Å². The summed E-state index contributed by atoms with van der Waals surface area (Å²) in [6, 6.07) is 3.84. The number of amides is 1. The maximum atomic E-state index is 11.5. The number of pyridine rings is 1. The van der Waals surface area contributed by atoms with E-state index in [-0.39, 0.29) is 29.9 Å². The number of aromatic nitrogens is 1. The number of piperidine rings is 1. The van der Waals surface area contributed by atoms with Crippen LogP contribution in [-0.4, -0.2) is 56.0 Å². The van der Waals surface area contributed by atoms with Gasteiger partial charge in [-0.2, -0.15) is 0 Å². The lowest BCUT2D eigenvalue weighted by Crippen LogP contribution is -2.45. The van der Waals surface area contributed by atoms with Crippen molar-refractivity contribution < 1.29 is 9.53 Å². The number of nitrogens with one attached hydrogen (secondary N) is 2. The molecule has 0 unspecified atom stereocenters. The number of carbonyl (C=O) groups excluding carboxylic acids is 1. The van der Waals surface area contributed by atoms with Crippen LogP contribution in [0.4, 0.5) is 0 Å². The van der Waals surface area contributed by atoms with Gasteiger partial charge in [0.1, 0.15) is 0 Å². The molecule has 2 heterocycles. The first-order chi connectivity index (χ1) is 11.7. The van der Waals surface area contributed by atoms with Crippen LogP contribution in [0.1, 0.15) is 24.8 Å². The minimum absolute atomic E-state index is 0. The Kier molecular flexibility index (Phi) is 9.54. The van der Waals surface area contributed by atoms with E-state index in [1.807, 2.05) is 12.1 Å². The summed E-state index contributed by atoms with van der Waals surface area (Å²) in [4.78, 5) is 22.3. The van der Waals surface area contributed by atoms with Crippen molar-refractivity contribution in [1.29, 1.82) is 0 Å². The van der Waals surface area contributed by atoms with Gasteiger partial charge >= 0.3 is 0 Å². The number of guanidine groups is 1. The Morgan fingerprint density at radius 1 is 1.40 bits per heavy atom. The highest BCUT2D eigenvalue weighted by molar-refractivity contribution is 14.0. The van der Waals surface area contributed by atoms with Crippen molar-refractivity contribution in [3.8, 4) is 5.88 Å². The Bertz CT molecular complexity index is 557. The van der Waals surface area contributed by atoms with E-state index < -0.39 is 0 Å². The van der Waals surface area contributed by atoms with E-state index in [9.17, 15) is 4.79 Å². The van der Waals surface area contributed by atoms with Crippen LogP contribution in [0.25, 0.3) is 0 Å². The minimum Gasteiger partial charge on any atom is -0.481 e. The van der Waals surface area contributed by atoms with E-state index in [2.05, 4.69) is 25.5 Å². The SMILES string of the molecule is CN=C(NCc1ccc(OC)nc1)N1CCC(CC(=O)NC)CC1.I. The zero-order chi connectivity index (χ0) is 17.4. The van der Waals surface area contributed by atoms with Gasteiger partial charge in [-0.3, -0.25) is 9.79 Å². The molecule has 0 atom stereocenters. The second-order valence-electron chi connectivity index (χ2n) is 5.92. The third-order valence-corrected chi connectivity index (χ3v) is 4.34. The van der Waals surface area contributed by atoms with Crippen molar-refractivity contribution in [2.24, 2.45) is 10.9 Å². The highest BCUT2D eigenvalue weighted by Crippen LogP contribution is 2.20. The number of ether oxygens (including phenoxy) is 1. The molecule has 0 bridgehead atoms. The third kappa shape index (κ3) is 6.68. The van der Waals surface area contributed by atoms with Crippen molar-refractivity contribution in [2.75, 3.05) is 34.3 Å². The van der Waals surface area contributed by atoms with Gasteiger partial charge < -0.3 is 20.3 Å². The van der Waals surface area contributed by atoms with E-state index in [1.54, 1.807) is 27.4 Å². The molecule has 1 fully saturated rings. The summed E-state index contributed by atoms with van der Waals surface area (Å²) in [6.45, 7) is 2.51. The van der Waals surface area contributed by atoms with Gasteiger partial charge in [0.15, 0.2) is 5.96 Å². The molecule has 2 N–H and O–H groups in total. The molecule has 1 saturated heterocycles. The van der Waals surface area contributed by atoms with Gasteiger partial charge in [-0.25, -0.2) is 4.98 Å². The lowest BCUT2D eigenvalue weighted by atomic mass is 9.93. The van der Waals surface area contributed by atoms with Gasteiger partial charge in [-0.15, -0.1) is 24.0 Å². The molecule has 0 radical (unpaired) electrons. The summed E-state index contributed by atoms with van der Waals surface area (Å²) < 4.78 is 5.06. The Hall–Kier alpha value is -1.58. The molecule has 0 saturated carbocycles. The minimum atomic E-state index is 0. The Morgan fingerprint density at radius 2 is 2.12 bits per heavy atom. The van der Waals surface area contributed by atoms with E-state index in [1.165, 1.54) is 0 Å². The summed E-state index contributed by atoms with van der Waals surface area (Å²) in [7, 11) is 5.10. The summed E-state index contributed by atoms with van der Waals surface area (Å²) >= 11 is 0. The number of aliphatic imine (C=N–C) groups is 1. The predicted octanol–water partition coefficient (Wildman–Crippen LogP) is 1.63. The number of hydrogen-bond donors (Lipinski definition) is 2. The van der Waals surface area contributed by atoms with Crippen molar-refractivity contribution in [3.05, 3.63) is 23.9 Å². The average Bonchev–Trinajstić information content (AvgIpc) is 2.63. The number of likely N-dealkylation sites (tertiary alicyclic amines) is 1. The van der Waals surface area contributed by atoms with Crippen LogP contribution in [0, 0.1) is 5.92 Å².